The van der Waals surface area contributed by atoms with Crippen LogP contribution in [0.2, 0.25) is 0 Å². The van der Waals surface area contributed by atoms with Crippen LogP contribution in [-0.4, -0.2) is 42.0 Å². The molecule has 1 aliphatic rings. The third-order valence-corrected chi connectivity index (χ3v) is 4.83. The second kappa shape index (κ2) is 8.62. The lowest BCUT2D eigenvalue weighted by Crippen LogP contribution is -2.40. The molecule has 2 heterocycles. The summed E-state index contributed by atoms with van der Waals surface area (Å²) >= 11 is 0. The van der Waals surface area contributed by atoms with Gasteiger partial charge in [0.1, 0.15) is 0 Å². The number of nitrogens with zero attached hydrogens (tertiary/aromatic N) is 1. The Morgan fingerprint density at radius 2 is 1.88 bits per heavy atom. The van der Waals surface area contributed by atoms with E-state index in [9.17, 15) is 9.59 Å². The molecule has 3 rings (SSSR count). The quantitative estimate of drug-likeness (QED) is 0.847. The fourth-order valence-electron chi connectivity index (χ4n) is 3.34. The number of likely N-dealkylation sites (tertiary alicyclic amines) is 1. The van der Waals surface area contributed by atoms with Gasteiger partial charge in [-0.1, -0.05) is 30.3 Å². The fraction of sp³-hybridized carbons (Fsp3) is 0.400. The van der Waals surface area contributed by atoms with Gasteiger partial charge in [0.2, 0.25) is 5.56 Å². The molecule has 0 spiro atoms. The predicted molar refractivity (Wildman–Crippen MR) is 98.7 cm³/mol. The molecule has 0 bridgehead atoms. The van der Waals surface area contributed by atoms with Crippen molar-refractivity contribution in [3.05, 3.63) is 70.1 Å². The van der Waals surface area contributed by atoms with Gasteiger partial charge in [0, 0.05) is 25.4 Å². The van der Waals surface area contributed by atoms with Gasteiger partial charge in [0.05, 0.1) is 5.56 Å². The highest BCUT2D eigenvalue weighted by Gasteiger charge is 2.19. The third-order valence-electron chi connectivity index (χ3n) is 4.83. The summed E-state index contributed by atoms with van der Waals surface area (Å²) in [6.45, 7) is 3.67. The molecule has 1 amide bonds. The van der Waals surface area contributed by atoms with Crippen molar-refractivity contribution >= 4 is 5.91 Å². The maximum Gasteiger partial charge on any atom is 0.252 e. The van der Waals surface area contributed by atoms with Crippen molar-refractivity contribution in [1.82, 2.24) is 15.2 Å². The van der Waals surface area contributed by atoms with E-state index in [0.29, 0.717) is 12.1 Å². The Kier molecular flexibility index (Phi) is 6.01. The summed E-state index contributed by atoms with van der Waals surface area (Å²) in [7, 11) is 0. The maximum atomic E-state index is 12.0. The highest BCUT2D eigenvalue weighted by molar-refractivity contribution is 5.93. The van der Waals surface area contributed by atoms with Gasteiger partial charge >= 0.3 is 0 Å². The Morgan fingerprint density at radius 1 is 1.12 bits per heavy atom. The minimum Gasteiger partial charge on any atom is -0.351 e. The Labute approximate surface area is 148 Å². The number of rotatable bonds is 6. The van der Waals surface area contributed by atoms with Gasteiger partial charge in [-0.15, -0.1) is 0 Å². The van der Waals surface area contributed by atoms with Crippen LogP contribution in [0.1, 0.15) is 28.8 Å². The Hall–Kier alpha value is -2.40. The Balaban J connectivity index is 1.36. The topological polar surface area (TPSA) is 65.2 Å². The molecular formula is C20H25N3O2. The lowest BCUT2D eigenvalue weighted by molar-refractivity contribution is 0.0943. The number of hydrogen-bond acceptors (Lipinski definition) is 3. The standard InChI is InChI=1S/C20H25N3O2/c24-19-7-6-18(15-22-19)20(25)21-10-13-23-11-8-17(9-12-23)14-16-4-2-1-3-5-16/h1-7,15,17H,8-14H2,(H,21,25)(H,22,24). The molecular weight excluding hydrogens is 314 g/mol. The van der Waals surface area contributed by atoms with E-state index in [2.05, 4.69) is 45.5 Å². The maximum absolute atomic E-state index is 12.0. The molecule has 132 valence electrons. The van der Waals surface area contributed by atoms with E-state index in [4.69, 9.17) is 0 Å². The lowest BCUT2D eigenvalue weighted by Gasteiger charge is -2.32. The first-order valence-corrected chi connectivity index (χ1v) is 8.94. The normalized spacial score (nSPS) is 15.8. The van der Waals surface area contributed by atoms with E-state index in [0.717, 1.165) is 32.0 Å². The number of aromatic amines is 1. The Bertz CT molecular complexity index is 714. The average molecular weight is 339 g/mol. The highest BCUT2D eigenvalue weighted by atomic mass is 16.1. The molecule has 1 aliphatic heterocycles. The summed E-state index contributed by atoms with van der Waals surface area (Å²) in [5, 5.41) is 2.91. The zero-order valence-corrected chi connectivity index (χ0v) is 14.4. The molecule has 1 saturated heterocycles. The average Bonchev–Trinajstić information content (AvgIpc) is 2.64. The molecule has 0 saturated carbocycles. The summed E-state index contributed by atoms with van der Waals surface area (Å²) < 4.78 is 0. The second-order valence-electron chi connectivity index (χ2n) is 6.67. The minimum absolute atomic E-state index is 0.143. The number of piperidine rings is 1. The molecule has 2 N–H and O–H groups in total. The zero-order valence-electron chi connectivity index (χ0n) is 14.4. The van der Waals surface area contributed by atoms with Crippen molar-refractivity contribution in [2.45, 2.75) is 19.3 Å². The molecule has 25 heavy (non-hydrogen) atoms. The number of aromatic nitrogens is 1. The number of hydrogen-bond donors (Lipinski definition) is 2. The van der Waals surface area contributed by atoms with Crippen LogP contribution < -0.4 is 10.9 Å². The van der Waals surface area contributed by atoms with Crippen LogP contribution in [0, 0.1) is 5.92 Å². The van der Waals surface area contributed by atoms with Crippen LogP contribution in [0.4, 0.5) is 0 Å². The Morgan fingerprint density at radius 3 is 2.56 bits per heavy atom. The van der Waals surface area contributed by atoms with Crippen LogP contribution in [0.15, 0.2) is 53.5 Å². The molecule has 5 nitrogen and oxygen atoms in total. The summed E-state index contributed by atoms with van der Waals surface area (Å²) in [6, 6.07) is 13.6. The van der Waals surface area contributed by atoms with Crippen molar-refractivity contribution in [3.8, 4) is 0 Å². The number of benzene rings is 1. The highest BCUT2D eigenvalue weighted by Crippen LogP contribution is 2.21. The van der Waals surface area contributed by atoms with Crippen molar-refractivity contribution in [2.24, 2.45) is 5.92 Å². The van der Waals surface area contributed by atoms with Crippen LogP contribution in [0.25, 0.3) is 0 Å². The number of pyridine rings is 1. The molecule has 1 aromatic heterocycles. The van der Waals surface area contributed by atoms with E-state index in [1.165, 1.54) is 30.7 Å². The van der Waals surface area contributed by atoms with Gasteiger partial charge in [-0.3, -0.25) is 9.59 Å². The third kappa shape index (κ3) is 5.29. The van der Waals surface area contributed by atoms with Gasteiger partial charge < -0.3 is 15.2 Å². The van der Waals surface area contributed by atoms with Crippen LogP contribution in [0.5, 0.6) is 0 Å². The van der Waals surface area contributed by atoms with Crippen LogP contribution in [0.3, 0.4) is 0 Å². The van der Waals surface area contributed by atoms with Crippen molar-refractivity contribution < 1.29 is 4.79 Å². The predicted octanol–water partition coefficient (Wildman–Crippen LogP) is 2.06. The van der Waals surface area contributed by atoms with Gasteiger partial charge in [0.25, 0.3) is 5.91 Å². The van der Waals surface area contributed by atoms with Crippen molar-refractivity contribution in [3.63, 3.8) is 0 Å². The van der Waals surface area contributed by atoms with E-state index < -0.39 is 0 Å². The molecule has 1 aromatic carbocycles. The first-order chi connectivity index (χ1) is 12.2. The van der Waals surface area contributed by atoms with Crippen LogP contribution in [-0.2, 0) is 6.42 Å². The van der Waals surface area contributed by atoms with E-state index in [1.807, 2.05) is 0 Å². The van der Waals surface area contributed by atoms with E-state index in [-0.39, 0.29) is 11.5 Å². The largest absolute Gasteiger partial charge is 0.351 e. The number of nitrogens with one attached hydrogen (secondary N) is 2. The van der Waals surface area contributed by atoms with Crippen LogP contribution >= 0.6 is 0 Å². The first-order valence-electron chi connectivity index (χ1n) is 8.94. The smallest absolute Gasteiger partial charge is 0.252 e. The van der Waals surface area contributed by atoms with E-state index >= 15 is 0 Å². The fourth-order valence-corrected chi connectivity index (χ4v) is 3.34. The minimum atomic E-state index is -0.199. The SMILES string of the molecule is O=C(NCCN1CCC(Cc2ccccc2)CC1)c1ccc(=O)[nH]c1. The molecule has 0 aliphatic carbocycles. The van der Waals surface area contributed by atoms with Crippen molar-refractivity contribution in [1.29, 1.82) is 0 Å². The van der Waals surface area contributed by atoms with E-state index in [1.54, 1.807) is 6.07 Å². The first kappa shape index (κ1) is 17.4. The molecule has 0 radical (unpaired) electrons. The number of carbonyl (C=O) groups excluding carboxylic acids is 1. The molecule has 0 atom stereocenters. The number of H-pyrrole nitrogens is 1. The van der Waals surface area contributed by atoms with Gasteiger partial charge in [-0.2, -0.15) is 0 Å². The second-order valence-corrected chi connectivity index (χ2v) is 6.67. The number of carbonyl (C=O) groups is 1. The monoisotopic (exact) mass is 339 g/mol. The molecule has 2 aromatic rings. The van der Waals surface area contributed by atoms with Crippen molar-refractivity contribution in [2.75, 3.05) is 26.2 Å². The zero-order chi connectivity index (χ0) is 17.5. The molecule has 0 unspecified atom stereocenters. The summed E-state index contributed by atoms with van der Waals surface area (Å²) in [6.07, 6.45) is 5.04. The van der Waals surface area contributed by atoms with Gasteiger partial charge in [-0.25, -0.2) is 0 Å². The molecule has 5 heteroatoms. The summed E-state index contributed by atoms with van der Waals surface area (Å²) in [5.41, 5.74) is 1.71. The molecule has 1 fully saturated rings. The summed E-state index contributed by atoms with van der Waals surface area (Å²) in [5.74, 6) is 0.615. The summed E-state index contributed by atoms with van der Waals surface area (Å²) in [4.78, 5) is 27.9. The number of amides is 1. The lowest BCUT2D eigenvalue weighted by atomic mass is 9.90. The van der Waals surface area contributed by atoms with Gasteiger partial charge in [-0.05, 0) is 49.9 Å². The van der Waals surface area contributed by atoms with Gasteiger partial charge in [0.15, 0.2) is 0 Å².